The molecule has 98 valence electrons. The third kappa shape index (κ3) is 2.88. The molecule has 1 unspecified atom stereocenters. The SMILES string of the molecule is CCC(C)N(CC)S(=O)(=O)c1c[nH]c(CN)c1. The molecule has 0 aliphatic rings. The van der Waals surface area contributed by atoms with Gasteiger partial charge in [0.15, 0.2) is 0 Å². The molecule has 1 heterocycles. The van der Waals surface area contributed by atoms with Gasteiger partial charge in [-0.3, -0.25) is 0 Å². The van der Waals surface area contributed by atoms with E-state index in [1.807, 2.05) is 20.8 Å². The Kier molecular flexibility index (Phi) is 4.73. The highest BCUT2D eigenvalue weighted by atomic mass is 32.2. The molecule has 17 heavy (non-hydrogen) atoms. The lowest BCUT2D eigenvalue weighted by atomic mass is 10.3. The zero-order valence-corrected chi connectivity index (χ0v) is 11.4. The highest BCUT2D eigenvalue weighted by molar-refractivity contribution is 7.89. The maximum Gasteiger partial charge on any atom is 0.244 e. The van der Waals surface area contributed by atoms with Crippen LogP contribution in [0.5, 0.6) is 0 Å². The van der Waals surface area contributed by atoms with Crippen LogP contribution in [0, 0.1) is 0 Å². The lowest BCUT2D eigenvalue weighted by Crippen LogP contribution is -2.37. The van der Waals surface area contributed by atoms with E-state index in [0.29, 0.717) is 18.0 Å². The van der Waals surface area contributed by atoms with Crippen LogP contribution < -0.4 is 5.73 Å². The molecule has 0 aliphatic carbocycles. The Morgan fingerprint density at radius 2 is 2.12 bits per heavy atom. The van der Waals surface area contributed by atoms with Crippen LogP contribution in [0.4, 0.5) is 0 Å². The molecule has 0 bridgehead atoms. The molecule has 0 spiro atoms. The van der Waals surface area contributed by atoms with Crippen molar-refractivity contribution in [2.75, 3.05) is 6.54 Å². The normalized spacial score (nSPS) is 14.2. The minimum absolute atomic E-state index is 0.00114. The maximum atomic E-state index is 12.4. The summed E-state index contributed by atoms with van der Waals surface area (Å²) < 4.78 is 26.2. The molecule has 6 heteroatoms. The van der Waals surface area contributed by atoms with Crippen molar-refractivity contribution in [1.29, 1.82) is 0 Å². The third-order valence-electron chi connectivity index (χ3n) is 2.94. The van der Waals surface area contributed by atoms with Gasteiger partial charge in [0.2, 0.25) is 10.0 Å². The lowest BCUT2D eigenvalue weighted by Gasteiger charge is -2.25. The van der Waals surface area contributed by atoms with Gasteiger partial charge in [-0.05, 0) is 19.4 Å². The Labute approximate surface area is 103 Å². The summed E-state index contributed by atoms with van der Waals surface area (Å²) >= 11 is 0. The van der Waals surface area contributed by atoms with Crippen LogP contribution in [0.1, 0.15) is 32.9 Å². The second-order valence-electron chi connectivity index (χ2n) is 4.03. The zero-order chi connectivity index (χ0) is 13.1. The molecule has 0 aliphatic heterocycles. The van der Waals surface area contributed by atoms with Gasteiger partial charge < -0.3 is 10.7 Å². The van der Waals surface area contributed by atoms with Crippen molar-refractivity contribution in [2.24, 2.45) is 5.73 Å². The van der Waals surface area contributed by atoms with Crippen LogP contribution in [-0.4, -0.2) is 30.3 Å². The first-order valence-corrected chi connectivity index (χ1v) is 7.30. The summed E-state index contributed by atoms with van der Waals surface area (Å²) in [4.78, 5) is 3.16. The van der Waals surface area contributed by atoms with Crippen LogP contribution >= 0.6 is 0 Å². The highest BCUT2D eigenvalue weighted by Gasteiger charge is 2.27. The molecule has 0 amide bonds. The van der Waals surface area contributed by atoms with Crippen molar-refractivity contribution < 1.29 is 8.42 Å². The fourth-order valence-electron chi connectivity index (χ4n) is 1.74. The van der Waals surface area contributed by atoms with E-state index in [4.69, 9.17) is 5.73 Å². The Bertz CT molecular complexity index is 453. The van der Waals surface area contributed by atoms with E-state index >= 15 is 0 Å². The number of nitrogens with zero attached hydrogens (tertiary/aromatic N) is 1. The second-order valence-corrected chi connectivity index (χ2v) is 5.92. The van der Waals surface area contributed by atoms with E-state index < -0.39 is 10.0 Å². The fraction of sp³-hybridized carbons (Fsp3) is 0.636. The molecule has 1 rings (SSSR count). The third-order valence-corrected chi connectivity index (χ3v) is 5.00. The van der Waals surface area contributed by atoms with E-state index in [1.165, 1.54) is 10.5 Å². The number of hydrogen-bond acceptors (Lipinski definition) is 3. The van der Waals surface area contributed by atoms with Gasteiger partial charge in [0.05, 0.1) is 4.90 Å². The summed E-state index contributed by atoms with van der Waals surface area (Å²) in [7, 11) is -3.41. The van der Waals surface area contributed by atoms with Crippen molar-refractivity contribution in [3.05, 3.63) is 18.0 Å². The topological polar surface area (TPSA) is 79.2 Å². The fourth-order valence-corrected chi connectivity index (χ4v) is 3.48. The van der Waals surface area contributed by atoms with Crippen LogP contribution in [-0.2, 0) is 16.6 Å². The predicted octanol–water partition coefficient (Wildman–Crippen LogP) is 1.28. The summed E-state index contributed by atoms with van der Waals surface area (Å²) in [5.74, 6) is 0. The summed E-state index contributed by atoms with van der Waals surface area (Å²) in [6.07, 6.45) is 2.30. The van der Waals surface area contributed by atoms with Gasteiger partial charge in [-0.2, -0.15) is 4.31 Å². The number of H-pyrrole nitrogens is 1. The smallest absolute Gasteiger partial charge is 0.244 e. The van der Waals surface area contributed by atoms with Crippen molar-refractivity contribution in [3.63, 3.8) is 0 Å². The number of aromatic amines is 1. The molecule has 0 radical (unpaired) electrons. The Morgan fingerprint density at radius 3 is 2.53 bits per heavy atom. The maximum absolute atomic E-state index is 12.4. The first-order chi connectivity index (χ1) is 7.97. The van der Waals surface area contributed by atoms with Gasteiger partial charge in [0, 0.05) is 31.0 Å². The van der Waals surface area contributed by atoms with Crippen LogP contribution in [0.15, 0.2) is 17.2 Å². The van der Waals surface area contributed by atoms with Crippen LogP contribution in [0.25, 0.3) is 0 Å². The summed E-state index contributed by atoms with van der Waals surface area (Å²) in [6.45, 7) is 6.52. The molecular weight excluding hydrogens is 238 g/mol. The zero-order valence-electron chi connectivity index (χ0n) is 10.6. The molecule has 0 aromatic carbocycles. The number of sulfonamides is 1. The number of rotatable bonds is 6. The molecule has 1 atom stereocenters. The first kappa shape index (κ1) is 14.2. The Hall–Kier alpha value is -0.850. The van der Waals surface area contributed by atoms with Crippen molar-refractivity contribution in [2.45, 2.75) is 44.7 Å². The molecule has 0 fully saturated rings. The van der Waals surface area contributed by atoms with E-state index in [2.05, 4.69) is 4.98 Å². The Morgan fingerprint density at radius 1 is 1.47 bits per heavy atom. The van der Waals surface area contributed by atoms with Gasteiger partial charge in [-0.15, -0.1) is 0 Å². The standard InChI is InChI=1S/C11H21N3O2S/c1-4-9(3)14(5-2)17(15,16)11-6-10(7-12)13-8-11/h6,8-9,13H,4-5,7,12H2,1-3H3. The quantitative estimate of drug-likeness (QED) is 0.807. The molecule has 0 saturated heterocycles. The van der Waals surface area contributed by atoms with Crippen molar-refractivity contribution in [1.82, 2.24) is 9.29 Å². The summed E-state index contributed by atoms with van der Waals surface area (Å²) in [6, 6.07) is 1.60. The number of nitrogens with two attached hydrogens (primary N) is 1. The van der Waals surface area contributed by atoms with Gasteiger partial charge >= 0.3 is 0 Å². The lowest BCUT2D eigenvalue weighted by molar-refractivity contribution is 0.342. The first-order valence-electron chi connectivity index (χ1n) is 5.86. The van der Waals surface area contributed by atoms with E-state index in [-0.39, 0.29) is 6.04 Å². The van der Waals surface area contributed by atoms with Gasteiger partial charge in [0.25, 0.3) is 0 Å². The highest BCUT2D eigenvalue weighted by Crippen LogP contribution is 2.19. The van der Waals surface area contributed by atoms with Gasteiger partial charge in [0.1, 0.15) is 0 Å². The largest absolute Gasteiger partial charge is 0.363 e. The van der Waals surface area contributed by atoms with Crippen molar-refractivity contribution in [3.8, 4) is 0 Å². The van der Waals surface area contributed by atoms with Gasteiger partial charge in [-0.1, -0.05) is 13.8 Å². The Balaban J connectivity index is 3.08. The monoisotopic (exact) mass is 259 g/mol. The average Bonchev–Trinajstić information content (AvgIpc) is 2.78. The number of nitrogens with one attached hydrogen (secondary N) is 1. The van der Waals surface area contributed by atoms with Crippen LogP contribution in [0.3, 0.4) is 0 Å². The molecule has 1 aromatic heterocycles. The number of aromatic nitrogens is 1. The predicted molar refractivity (Wildman–Crippen MR) is 68.0 cm³/mol. The van der Waals surface area contributed by atoms with E-state index in [9.17, 15) is 8.42 Å². The van der Waals surface area contributed by atoms with Crippen molar-refractivity contribution >= 4 is 10.0 Å². The molecule has 0 saturated carbocycles. The minimum atomic E-state index is -3.41. The molecule has 5 nitrogen and oxygen atoms in total. The molecule has 1 aromatic rings. The van der Waals surface area contributed by atoms with E-state index in [1.54, 1.807) is 6.07 Å². The van der Waals surface area contributed by atoms with Gasteiger partial charge in [-0.25, -0.2) is 8.42 Å². The van der Waals surface area contributed by atoms with Crippen LogP contribution in [0.2, 0.25) is 0 Å². The molecular formula is C11H21N3O2S. The second kappa shape index (κ2) is 5.66. The summed E-state index contributed by atoms with van der Waals surface area (Å²) in [5, 5.41) is 0. The molecule has 3 N–H and O–H groups in total. The minimum Gasteiger partial charge on any atom is -0.363 e. The average molecular weight is 259 g/mol. The van der Waals surface area contributed by atoms with E-state index in [0.717, 1.165) is 12.1 Å². The number of hydrogen-bond donors (Lipinski definition) is 2. The summed E-state index contributed by atoms with van der Waals surface area (Å²) in [5.41, 5.74) is 6.19.